The van der Waals surface area contributed by atoms with Gasteiger partial charge in [0.15, 0.2) is 0 Å². The van der Waals surface area contributed by atoms with Crippen LogP contribution in [0.25, 0.3) is 0 Å². The molecule has 94 valence electrons. The average molecular weight is 240 g/mol. The molecule has 0 saturated heterocycles. The number of unbranched alkanes of at least 4 members (excludes halogenated alkanes) is 2. The molecule has 0 atom stereocenters. The first kappa shape index (κ1) is 13.2. The number of pyridine rings is 1. The maximum atomic E-state index is 10.7. The number of aliphatic hydroxyl groups excluding tert-OH is 1. The molecule has 0 aliphatic carbocycles. The van der Waals surface area contributed by atoms with Gasteiger partial charge in [0.25, 0.3) is 0 Å². The number of aliphatic hydroxyl groups is 1. The Labute approximate surface area is 98.8 Å². The van der Waals surface area contributed by atoms with Crippen LogP contribution in [0.2, 0.25) is 0 Å². The van der Waals surface area contributed by atoms with Gasteiger partial charge in [-0.05, 0) is 25.3 Å². The van der Waals surface area contributed by atoms with Gasteiger partial charge >= 0.3 is 5.69 Å². The maximum absolute atomic E-state index is 10.7. The number of aromatic nitrogens is 1. The van der Waals surface area contributed by atoms with Crippen LogP contribution in [0.4, 0.5) is 17.3 Å². The van der Waals surface area contributed by atoms with Crippen molar-refractivity contribution in [3.05, 3.63) is 22.2 Å². The van der Waals surface area contributed by atoms with E-state index < -0.39 is 4.92 Å². The molecule has 1 rings (SSSR count). The fourth-order valence-electron chi connectivity index (χ4n) is 1.36. The molecular weight excluding hydrogens is 224 g/mol. The number of nitrogens with zero attached hydrogens (tertiary/aromatic N) is 2. The molecule has 0 aliphatic heterocycles. The van der Waals surface area contributed by atoms with Gasteiger partial charge in [-0.25, -0.2) is 4.98 Å². The Hall–Kier alpha value is -1.89. The average Bonchev–Trinajstić information content (AvgIpc) is 2.28. The van der Waals surface area contributed by atoms with Gasteiger partial charge in [0, 0.05) is 19.2 Å². The van der Waals surface area contributed by atoms with Gasteiger partial charge in [0.05, 0.1) is 4.92 Å². The Morgan fingerprint density at radius 1 is 1.41 bits per heavy atom. The monoisotopic (exact) mass is 240 g/mol. The van der Waals surface area contributed by atoms with Gasteiger partial charge < -0.3 is 16.2 Å². The van der Waals surface area contributed by atoms with Crippen LogP contribution in [0, 0.1) is 10.1 Å². The molecule has 0 radical (unpaired) electrons. The molecule has 7 heteroatoms. The van der Waals surface area contributed by atoms with E-state index in [2.05, 4.69) is 10.3 Å². The van der Waals surface area contributed by atoms with Crippen molar-refractivity contribution in [2.75, 3.05) is 24.2 Å². The van der Waals surface area contributed by atoms with Crippen molar-refractivity contribution in [3.63, 3.8) is 0 Å². The minimum absolute atomic E-state index is 0.0821. The lowest BCUT2D eigenvalue weighted by atomic mass is 10.2. The number of nitrogen functional groups attached to an aromatic ring is 1. The SMILES string of the molecule is Nc1ccc([N+](=O)[O-])c(NCCCCCO)n1. The highest BCUT2D eigenvalue weighted by Crippen LogP contribution is 2.22. The molecule has 0 saturated carbocycles. The fourth-order valence-corrected chi connectivity index (χ4v) is 1.36. The number of anilines is 2. The van der Waals surface area contributed by atoms with E-state index in [1.807, 2.05) is 0 Å². The van der Waals surface area contributed by atoms with E-state index in [1.54, 1.807) is 0 Å². The molecule has 0 unspecified atom stereocenters. The molecule has 0 aliphatic rings. The van der Waals surface area contributed by atoms with Gasteiger partial charge in [0.1, 0.15) is 5.82 Å². The summed E-state index contributed by atoms with van der Waals surface area (Å²) in [6.07, 6.45) is 2.40. The van der Waals surface area contributed by atoms with Crippen molar-refractivity contribution in [1.29, 1.82) is 0 Å². The van der Waals surface area contributed by atoms with E-state index in [0.717, 1.165) is 19.3 Å². The molecule has 17 heavy (non-hydrogen) atoms. The second kappa shape index (κ2) is 6.64. The second-order valence-corrected chi connectivity index (χ2v) is 3.57. The number of hydrogen-bond acceptors (Lipinski definition) is 6. The predicted molar refractivity (Wildman–Crippen MR) is 64.7 cm³/mol. The molecule has 7 nitrogen and oxygen atoms in total. The highest BCUT2D eigenvalue weighted by molar-refractivity contribution is 5.59. The largest absolute Gasteiger partial charge is 0.396 e. The first-order chi connectivity index (χ1) is 8.15. The van der Waals surface area contributed by atoms with E-state index in [4.69, 9.17) is 10.8 Å². The molecule has 0 bridgehead atoms. The molecular formula is C10H16N4O3. The third kappa shape index (κ3) is 4.23. The quantitative estimate of drug-likeness (QED) is 0.374. The van der Waals surface area contributed by atoms with Crippen LogP contribution in [-0.2, 0) is 0 Å². The van der Waals surface area contributed by atoms with Crippen LogP contribution >= 0.6 is 0 Å². The van der Waals surface area contributed by atoms with Crippen molar-refractivity contribution < 1.29 is 10.0 Å². The lowest BCUT2D eigenvalue weighted by Gasteiger charge is -2.06. The van der Waals surface area contributed by atoms with Crippen molar-refractivity contribution in [2.45, 2.75) is 19.3 Å². The summed E-state index contributed by atoms with van der Waals surface area (Å²) in [5.74, 6) is 0.437. The van der Waals surface area contributed by atoms with Crippen molar-refractivity contribution in [1.82, 2.24) is 4.98 Å². The van der Waals surface area contributed by atoms with Gasteiger partial charge in [0.2, 0.25) is 5.82 Å². The van der Waals surface area contributed by atoms with Gasteiger partial charge in [-0.15, -0.1) is 0 Å². The zero-order chi connectivity index (χ0) is 12.7. The summed E-state index contributed by atoms with van der Waals surface area (Å²) in [4.78, 5) is 14.1. The highest BCUT2D eigenvalue weighted by Gasteiger charge is 2.14. The third-order valence-corrected chi connectivity index (χ3v) is 2.22. The van der Waals surface area contributed by atoms with Gasteiger partial charge in [-0.1, -0.05) is 0 Å². The Bertz CT molecular complexity index is 384. The number of nitro groups is 1. The van der Waals surface area contributed by atoms with Gasteiger partial charge in [-0.3, -0.25) is 10.1 Å². The Balaban J connectivity index is 2.56. The van der Waals surface area contributed by atoms with Crippen molar-refractivity contribution in [2.24, 2.45) is 0 Å². The summed E-state index contributed by atoms with van der Waals surface area (Å²) in [5.41, 5.74) is 5.39. The molecule has 1 heterocycles. The van der Waals surface area contributed by atoms with Crippen molar-refractivity contribution >= 4 is 17.3 Å². The minimum Gasteiger partial charge on any atom is -0.396 e. The molecule has 4 N–H and O–H groups in total. The van der Waals surface area contributed by atoms with Gasteiger partial charge in [-0.2, -0.15) is 0 Å². The van der Waals surface area contributed by atoms with Crippen LogP contribution in [-0.4, -0.2) is 28.2 Å². The van der Waals surface area contributed by atoms with Crippen LogP contribution < -0.4 is 11.1 Å². The van der Waals surface area contributed by atoms with E-state index in [9.17, 15) is 10.1 Å². The standard InChI is InChI=1S/C10H16N4O3/c11-9-5-4-8(14(16)17)10(13-9)12-6-2-1-3-7-15/h4-5,15H,1-3,6-7H2,(H3,11,12,13). The number of rotatable bonds is 7. The Morgan fingerprint density at radius 3 is 2.82 bits per heavy atom. The van der Waals surface area contributed by atoms with E-state index in [0.29, 0.717) is 6.54 Å². The topological polar surface area (TPSA) is 114 Å². The second-order valence-electron chi connectivity index (χ2n) is 3.57. The number of nitrogens with two attached hydrogens (primary N) is 1. The molecule has 0 fully saturated rings. The smallest absolute Gasteiger partial charge is 0.311 e. The highest BCUT2D eigenvalue weighted by atomic mass is 16.6. The first-order valence-electron chi connectivity index (χ1n) is 5.41. The fraction of sp³-hybridized carbons (Fsp3) is 0.500. The lowest BCUT2D eigenvalue weighted by molar-refractivity contribution is -0.384. The number of nitrogens with one attached hydrogen (secondary N) is 1. The van der Waals surface area contributed by atoms with Crippen LogP contribution in [0.15, 0.2) is 12.1 Å². The summed E-state index contributed by atoms with van der Waals surface area (Å²) in [5, 5.41) is 22.2. The molecule has 1 aromatic rings. The van der Waals surface area contributed by atoms with Crippen LogP contribution in [0.3, 0.4) is 0 Å². The van der Waals surface area contributed by atoms with E-state index in [1.165, 1.54) is 12.1 Å². The van der Waals surface area contributed by atoms with E-state index in [-0.39, 0.29) is 23.9 Å². The first-order valence-corrected chi connectivity index (χ1v) is 5.41. The third-order valence-electron chi connectivity index (χ3n) is 2.22. The molecule has 0 spiro atoms. The lowest BCUT2D eigenvalue weighted by Crippen LogP contribution is -2.07. The Kier molecular flexibility index (Phi) is 5.15. The summed E-state index contributed by atoms with van der Waals surface area (Å²) >= 11 is 0. The summed E-state index contributed by atoms with van der Waals surface area (Å²) in [6.45, 7) is 0.730. The number of hydrogen-bond donors (Lipinski definition) is 3. The molecule has 0 amide bonds. The minimum atomic E-state index is -0.498. The summed E-state index contributed by atoms with van der Waals surface area (Å²) in [6, 6.07) is 2.73. The summed E-state index contributed by atoms with van der Waals surface area (Å²) < 4.78 is 0. The predicted octanol–water partition coefficient (Wildman–Crippen LogP) is 1.15. The zero-order valence-electron chi connectivity index (χ0n) is 9.43. The molecule has 0 aromatic carbocycles. The summed E-state index contributed by atoms with van der Waals surface area (Å²) in [7, 11) is 0. The maximum Gasteiger partial charge on any atom is 0.311 e. The van der Waals surface area contributed by atoms with E-state index >= 15 is 0 Å². The van der Waals surface area contributed by atoms with Crippen molar-refractivity contribution in [3.8, 4) is 0 Å². The molecule has 1 aromatic heterocycles. The van der Waals surface area contributed by atoms with Crippen LogP contribution in [0.1, 0.15) is 19.3 Å². The zero-order valence-corrected chi connectivity index (χ0v) is 9.43. The normalized spacial score (nSPS) is 10.2. The van der Waals surface area contributed by atoms with Crippen LogP contribution in [0.5, 0.6) is 0 Å². The Morgan fingerprint density at radius 2 is 2.18 bits per heavy atom.